The second-order valence-electron chi connectivity index (χ2n) is 2.70. The van der Waals surface area contributed by atoms with Crippen LogP contribution in [0.4, 0.5) is 0 Å². The zero-order valence-electron chi connectivity index (χ0n) is 7.99. The van der Waals surface area contributed by atoms with Crippen LogP contribution in [0, 0.1) is 5.41 Å². The SMILES string of the molecule is Cl.N=C(N)SCc1c(Br)c(Cl)c(Br)c(Cl)c1Br. The third-order valence-electron chi connectivity index (χ3n) is 1.67. The van der Waals surface area contributed by atoms with Gasteiger partial charge >= 0.3 is 0 Å². The van der Waals surface area contributed by atoms with Gasteiger partial charge in [0, 0.05) is 14.7 Å². The van der Waals surface area contributed by atoms with Gasteiger partial charge in [-0.1, -0.05) is 35.0 Å². The first-order chi connectivity index (χ1) is 7.36. The molecule has 0 aliphatic rings. The van der Waals surface area contributed by atoms with E-state index in [-0.39, 0.29) is 17.6 Å². The Kier molecular flexibility index (Phi) is 8.44. The maximum atomic E-state index is 7.17. The fraction of sp³-hybridized carbons (Fsp3) is 0.125. The molecular weight excluding hydrogens is 502 g/mol. The lowest BCUT2D eigenvalue weighted by molar-refractivity contribution is 1.34. The highest BCUT2D eigenvalue weighted by molar-refractivity contribution is 9.11. The fourth-order valence-electron chi connectivity index (χ4n) is 0.927. The minimum atomic E-state index is 0. The Morgan fingerprint density at radius 2 is 1.53 bits per heavy atom. The van der Waals surface area contributed by atoms with Crippen LogP contribution in [0.3, 0.4) is 0 Å². The van der Waals surface area contributed by atoms with Crippen molar-refractivity contribution in [2.75, 3.05) is 0 Å². The van der Waals surface area contributed by atoms with E-state index in [2.05, 4.69) is 47.8 Å². The van der Waals surface area contributed by atoms with Crippen LogP contribution in [0.1, 0.15) is 5.56 Å². The summed E-state index contributed by atoms with van der Waals surface area (Å²) < 4.78 is 2.11. The Morgan fingerprint density at radius 1 is 1.12 bits per heavy atom. The zero-order valence-corrected chi connectivity index (χ0v) is 15.9. The first-order valence-corrected chi connectivity index (χ1v) is 7.95. The van der Waals surface area contributed by atoms with Crippen LogP contribution in [0.5, 0.6) is 0 Å². The summed E-state index contributed by atoms with van der Waals surface area (Å²) in [6, 6.07) is 0. The number of nitrogens with two attached hydrogens (primary N) is 1. The molecule has 1 rings (SSSR count). The molecule has 0 saturated carbocycles. The number of thioether (sulfide) groups is 1. The molecule has 0 spiro atoms. The molecule has 0 unspecified atom stereocenters. The molecule has 2 nitrogen and oxygen atoms in total. The third-order valence-corrected chi connectivity index (χ3v) is 6.63. The molecule has 0 aliphatic heterocycles. The quantitative estimate of drug-likeness (QED) is 0.229. The van der Waals surface area contributed by atoms with Gasteiger partial charge < -0.3 is 5.73 Å². The molecule has 0 bridgehead atoms. The lowest BCUT2D eigenvalue weighted by Gasteiger charge is -2.12. The highest BCUT2D eigenvalue weighted by Gasteiger charge is 2.18. The smallest absolute Gasteiger partial charge is 0.151 e. The Hall–Kier alpha value is 1.35. The van der Waals surface area contributed by atoms with Gasteiger partial charge in [-0.25, -0.2) is 0 Å². The number of amidine groups is 1. The standard InChI is InChI=1S/C8H5Br3Cl2N2S.ClH/c9-3-2(1-16-8(14)15)4(10)7(13)5(11)6(3)12;/h1H2,(H3,14,15);1H. The van der Waals surface area contributed by atoms with Crippen LogP contribution >= 0.6 is 95.2 Å². The maximum Gasteiger partial charge on any atom is 0.151 e. The summed E-state index contributed by atoms with van der Waals surface area (Å²) in [6.45, 7) is 0. The summed E-state index contributed by atoms with van der Waals surface area (Å²) >= 11 is 23.4. The van der Waals surface area contributed by atoms with E-state index in [1.54, 1.807) is 0 Å². The third kappa shape index (κ3) is 4.44. The molecule has 17 heavy (non-hydrogen) atoms. The van der Waals surface area contributed by atoms with Crippen molar-refractivity contribution in [3.8, 4) is 0 Å². The molecule has 1 aromatic rings. The van der Waals surface area contributed by atoms with Crippen molar-refractivity contribution < 1.29 is 0 Å². The van der Waals surface area contributed by atoms with Gasteiger partial charge in [0.25, 0.3) is 0 Å². The largest absolute Gasteiger partial charge is 0.379 e. The molecule has 9 heteroatoms. The first-order valence-electron chi connectivity index (χ1n) is 3.83. The summed E-state index contributed by atoms with van der Waals surface area (Å²) in [5.41, 5.74) is 6.16. The van der Waals surface area contributed by atoms with Crippen molar-refractivity contribution in [2.45, 2.75) is 5.75 Å². The molecule has 0 saturated heterocycles. The van der Waals surface area contributed by atoms with E-state index >= 15 is 0 Å². The molecule has 0 radical (unpaired) electrons. The molecule has 96 valence electrons. The lowest BCUT2D eigenvalue weighted by atomic mass is 10.2. The van der Waals surface area contributed by atoms with Gasteiger partial charge in [-0.2, -0.15) is 0 Å². The molecule has 0 amide bonds. The second kappa shape index (κ2) is 7.82. The van der Waals surface area contributed by atoms with Gasteiger partial charge in [0.2, 0.25) is 0 Å². The van der Waals surface area contributed by atoms with Crippen molar-refractivity contribution in [2.24, 2.45) is 5.73 Å². The lowest BCUT2D eigenvalue weighted by Crippen LogP contribution is -2.04. The van der Waals surface area contributed by atoms with E-state index in [1.807, 2.05) is 0 Å². The monoisotopic (exact) mass is 504 g/mol. The molecule has 1 aromatic carbocycles. The Balaban J connectivity index is 0.00000256. The number of nitrogens with one attached hydrogen (secondary N) is 1. The van der Waals surface area contributed by atoms with E-state index in [4.69, 9.17) is 34.3 Å². The summed E-state index contributed by atoms with van der Waals surface area (Å²) in [4.78, 5) is 0. The summed E-state index contributed by atoms with van der Waals surface area (Å²) in [5.74, 6) is 0.517. The Bertz CT molecular complexity index is 427. The van der Waals surface area contributed by atoms with E-state index < -0.39 is 0 Å². The van der Waals surface area contributed by atoms with Crippen LogP contribution in [0.25, 0.3) is 0 Å². The van der Waals surface area contributed by atoms with Crippen molar-refractivity contribution in [1.82, 2.24) is 0 Å². The topological polar surface area (TPSA) is 49.9 Å². The van der Waals surface area contributed by atoms with Crippen LogP contribution in [-0.2, 0) is 5.75 Å². The van der Waals surface area contributed by atoms with Gasteiger partial charge in [-0.15, -0.1) is 12.4 Å². The molecule has 0 atom stereocenters. The molecular formula is C8H6Br3Cl3N2S. The van der Waals surface area contributed by atoms with E-state index in [0.717, 1.165) is 14.5 Å². The molecule has 0 aromatic heterocycles. The van der Waals surface area contributed by atoms with Crippen LogP contribution in [-0.4, -0.2) is 5.17 Å². The summed E-state index contributed by atoms with van der Waals surface area (Å²) in [6.07, 6.45) is 0. The minimum Gasteiger partial charge on any atom is -0.379 e. The fourth-order valence-corrected chi connectivity index (χ4v) is 4.62. The molecule has 3 N–H and O–H groups in total. The van der Waals surface area contributed by atoms with Gasteiger partial charge in [-0.3, -0.25) is 5.41 Å². The van der Waals surface area contributed by atoms with E-state index in [9.17, 15) is 0 Å². The first kappa shape index (κ1) is 18.4. The predicted molar refractivity (Wildman–Crippen MR) is 90.0 cm³/mol. The van der Waals surface area contributed by atoms with E-state index in [1.165, 1.54) is 11.8 Å². The number of halogens is 6. The minimum absolute atomic E-state index is 0. The Labute approximate surface area is 145 Å². The zero-order chi connectivity index (χ0) is 12.5. The Morgan fingerprint density at radius 3 is 1.88 bits per heavy atom. The average Bonchev–Trinajstić information content (AvgIpc) is 2.23. The van der Waals surface area contributed by atoms with Gasteiger partial charge in [0.1, 0.15) is 0 Å². The van der Waals surface area contributed by atoms with Crippen molar-refractivity contribution in [3.05, 3.63) is 29.0 Å². The van der Waals surface area contributed by atoms with Gasteiger partial charge in [0.15, 0.2) is 5.17 Å². The number of rotatable bonds is 2. The number of benzene rings is 1. The number of hydrogen-bond donors (Lipinski definition) is 2. The highest BCUT2D eigenvalue weighted by atomic mass is 79.9. The van der Waals surface area contributed by atoms with Crippen LogP contribution in [0.2, 0.25) is 10.0 Å². The summed E-state index contributed by atoms with van der Waals surface area (Å²) in [7, 11) is 0. The highest BCUT2D eigenvalue weighted by Crippen LogP contribution is 2.45. The maximum absolute atomic E-state index is 7.17. The van der Waals surface area contributed by atoms with Crippen LogP contribution < -0.4 is 5.73 Å². The molecule has 0 heterocycles. The summed E-state index contributed by atoms with van der Waals surface area (Å²) in [5, 5.41) is 8.23. The van der Waals surface area contributed by atoms with Crippen molar-refractivity contribution in [3.63, 3.8) is 0 Å². The number of hydrogen-bond acceptors (Lipinski definition) is 2. The van der Waals surface area contributed by atoms with Crippen molar-refractivity contribution >= 4 is 100 Å². The van der Waals surface area contributed by atoms with Crippen molar-refractivity contribution in [1.29, 1.82) is 5.41 Å². The molecule has 0 aliphatic carbocycles. The van der Waals surface area contributed by atoms with Crippen LogP contribution in [0.15, 0.2) is 13.4 Å². The molecule has 0 fully saturated rings. The predicted octanol–water partition coefficient (Wildman–Crippen LogP) is 5.83. The van der Waals surface area contributed by atoms with E-state index in [0.29, 0.717) is 20.3 Å². The second-order valence-corrected chi connectivity index (χ2v) is 6.85. The normalized spacial score (nSPS) is 9.94. The average molecular weight is 508 g/mol. The van der Waals surface area contributed by atoms with Gasteiger partial charge in [-0.05, 0) is 53.4 Å². The van der Waals surface area contributed by atoms with Gasteiger partial charge in [0.05, 0.1) is 14.5 Å².